The van der Waals surface area contributed by atoms with Gasteiger partial charge in [-0.2, -0.15) is 5.06 Å². The number of hydrogen-bond donors (Lipinski definition) is 1. The van der Waals surface area contributed by atoms with Crippen LogP contribution in [0.2, 0.25) is 0 Å². The van der Waals surface area contributed by atoms with Crippen molar-refractivity contribution in [1.29, 1.82) is 0 Å². The molecular weight excluding hydrogens is 364 g/mol. The molecule has 0 radical (unpaired) electrons. The first kappa shape index (κ1) is 18.4. The highest BCUT2D eigenvalue weighted by molar-refractivity contribution is 7.15. The summed E-state index contributed by atoms with van der Waals surface area (Å²) in [7, 11) is 0. The maximum atomic E-state index is 11.7. The number of fused-ring (bicyclic) bond motifs is 2. The quantitative estimate of drug-likeness (QED) is 0.813. The minimum atomic E-state index is -0.981. The average molecular weight is 388 g/mol. The van der Waals surface area contributed by atoms with Gasteiger partial charge in [-0.1, -0.05) is 19.9 Å². The lowest BCUT2D eigenvalue weighted by Crippen LogP contribution is -2.38. The number of rotatable bonds is 6. The number of benzene rings is 1. The summed E-state index contributed by atoms with van der Waals surface area (Å²) < 4.78 is 6.11. The third-order valence-corrected chi connectivity index (χ3v) is 6.42. The van der Waals surface area contributed by atoms with Crippen molar-refractivity contribution in [3.63, 3.8) is 0 Å². The smallest absolute Gasteiger partial charge is 0.336 e. The van der Waals surface area contributed by atoms with Crippen molar-refractivity contribution in [2.75, 3.05) is 19.7 Å². The molecule has 1 N–H and O–H groups in total. The summed E-state index contributed by atoms with van der Waals surface area (Å²) in [5.74, 6) is 1.24. The Hall–Kier alpha value is -1.96. The van der Waals surface area contributed by atoms with Crippen molar-refractivity contribution < 1.29 is 19.5 Å². The molecule has 6 nitrogen and oxygen atoms in total. The van der Waals surface area contributed by atoms with E-state index in [4.69, 9.17) is 9.57 Å². The summed E-state index contributed by atoms with van der Waals surface area (Å²) in [6, 6.07) is 5.12. The molecule has 2 aliphatic heterocycles. The summed E-state index contributed by atoms with van der Waals surface area (Å²) >= 11 is 1.47. The van der Waals surface area contributed by atoms with Gasteiger partial charge in [-0.3, -0.25) is 4.84 Å². The molecule has 27 heavy (non-hydrogen) atoms. The Kier molecular flexibility index (Phi) is 4.92. The van der Waals surface area contributed by atoms with Crippen LogP contribution in [0.15, 0.2) is 24.4 Å². The van der Waals surface area contributed by atoms with Crippen LogP contribution in [0.25, 0.3) is 10.6 Å². The first-order chi connectivity index (χ1) is 12.9. The second kappa shape index (κ2) is 7.22. The zero-order valence-corrected chi connectivity index (χ0v) is 16.5. The van der Waals surface area contributed by atoms with Crippen molar-refractivity contribution in [3.05, 3.63) is 34.8 Å². The third kappa shape index (κ3) is 3.47. The highest BCUT2D eigenvalue weighted by atomic mass is 32.1. The van der Waals surface area contributed by atoms with E-state index in [0.29, 0.717) is 40.7 Å². The lowest BCUT2D eigenvalue weighted by Gasteiger charge is -2.31. The molecular formula is C20H24N2O4S. The van der Waals surface area contributed by atoms with Crippen molar-refractivity contribution in [2.45, 2.75) is 26.9 Å². The van der Waals surface area contributed by atoms with E-state index < -0.39 is 5.97 Å². The number of carbonyl (C=O) groups is 1. The summed E-state index contributed by atoms with van der Waals surface area (Å²) in [5, 5.41) is 12.3. The number of hydrogen-bond acceptors (Lipinski definition) is 6. The highest BCUT2D eigenvalue weighted by Crippen LogP contribution is 2.41. The fourth-order valence-corrected chi connectivity index (χ4v) is 4.94. The minimum absolute atomic E-state index is 0.00511. The van der Waals surface area contributed by atoms with Gasteiger partial charge in [-0.05, 0) is 30.9 Å². The summed E-state index contributed by atoms with van der Waals surface area (Å²) in [6.07, 6.45) is 1.76. The lowest BCUT2D eigenvalue weighted by atomic mass is 9.83. The predicted octanol–water partition coefficient (Wildman–Crippen LogP) is 3.71. The Balaban J connectivity index is 1.58. The summed E-state index contributed by atoms with van der Waals surface area (Å²) in [6.45, 7) is 8.80. The van der Waals surface area contributed by atoms with Gasteiger partial charge in [0.15, 0.2) is 0 Å². The zero-order valence-electron chi connectivity index (χ0n) is 15.7. The Morgan fingerprint density at radius 2 is 2.26 bits per heavy atom. The number of nitrogens with zero attached hydrogens (tertiary/aromatic N) is 2. The molecule has 1 aromatic carbocycles. The van der Waals surface area contributed by atoms with Gasteiger partial charge in [0.05, 0.1) is 11.1 Å². The van der Waals surface area contributed by atoms with E-state index in [1.807, 2.05) is 18.1 Å². The summed E-state index contributed by atoms with van der Waals surface area (Å²) in [5.41, 5.74) is 0.756. The van der Waals surface area contributed by atoms with E-state index in [9.17, 15) is 9.90 Å². The van der Waals surface area contributed by atoms with Gasteiger partial charge in [0.2, 0.25) is 0 Å². The molecule has 2 bridgehead atoms. The molecule has 2 saturated heterocycles. The van der Waals surface area contributed by atoms with E-state index in [2.05, 4.69) is 18.8 Å². The van der Waals surface area contributed by atoms with Crippen LogP contribution in [-0.2, 0) is 4.84 Å². The minimum Gasteiger partial charge on any atom is -0.490 e. The van der Waals surface area contributed by atoms with E-state index in [0.717, 1.165) is 18.0 Å². The maximum Gasteiger partial charge on any atom is 0.336 e. The Morgan fingerprint density at radius 1 is 1.44 bits per heavy atom. The van der Waals surface area contributed by atoms with Gasteiger partial charge in [-0.15, -0.1) is 11.3 Å². The van der Waals surface area contributed by atoms with Crippen molar-refractivity contribution in [3.8, 4) is 16.3 Å². The molecule has 144 valence electrons. The zero-order chi connectivity index (χ0) is 19.1. The van der Waals surface area contributed by atoms with Crippen LogP contribution in [0.1, 0.15) is 29.1 Å². The number of hydroxylamine groups is 2. The molecule has 2 aromatic rings. The fraction of sp³-hybridized carbons (Fsp3) is 0.500. The molecule has 0 spiro atoms. The van der Waals surface area contributed by atoms with Gasteiger partial charge in [0.25, 0.3) is 0 Å². The Labute approximate surface area is 162 Å². The van der Waals surface area contributed by atoms with E-state index in [1.54, 1.807) is 18.3 Å². The molecule has 4 atom stereocenters. The number of thiazole rings is 1. The number of aromatic nitrogens is 1. The molecule has 0 saturated carbocycles. The van der Waals surface area contributed by atoms with Gasteiger partial charge >= 0.3 is 5.97 Å². The lowest BCUT2D eigenvalue weighted by molar-refractivity contribution is -0.182. The van der Waals surface area contributed by atoms with E-state index in [1.165, 1.54) is 11.3 Å². The fourth-order valence-electron chi connectivity index (χ4n) is 4.12. The standard InChI is InChI=1S/C20H24N2O4S/c1-11(2)14-8-22-9-15(14)17(26-22)10-25-16-6-4-5-13(20(23)24)18(16)19-21-7-12(3)27-19/h4-7,11,14-15,17H,8-10H2,1-3H3,(H,23,24). The SMILES string of the molecule is Cc1cnc(-c2c(OCC3ON4CC(C(C)C)C3C4)cccc2C(=O)O)s1. The molecule has 3 heterocycles. The largest absolute Gasteiger partial charge is 0.490 e. The Morgan fingerprint density at radius 3 is 2.89 bits per heavy atom. The van der Waals surface area contributed by atoms with Crippen molar-refractivity contribution in [2.24, 2.45) is 17.8 Å². The van der Waals surface area contributed by atoms with Gasteiger partial charge in [0, 0.05) is 30.1 Å². The normalized spacial score (nSPS) is 26.7. The summed E-state index contributed by atoms with van der Waals surface area (Å²) in [4.78, 5) is 23.1. The monoisotopic (exact) mass is 388 g/mol. The van der Waals surface area contributed by atoms with E-state index >= 15 is 0 Å². The van der Waals surface area contributed by atoms with Crippen LogP contribution < -0.4 is 4.74 Å². The number of aromatic carboxylic acids is 1. The van der Waals surface area contributed by atoms with Gasteiger partial charge in [-0.25, -0.2) is 9.78 Å². The number of aryl methyl sites for hydroxylation is 1. The van der Waals surface area contributed by atoms with Gasteiger partial charge < -0.3 is 9.84 Å². The first-order valence-electron chi connectivity index (χ1n) is 9.27. The van der Waals surface area contributed by atoms with Crippen LogP contribution in [0.4, 0.5) is 0 Å². The predicted molar refractivity (Wildman–Crippen MR) is 103 cm³/mol. The van der Waals surface area contributed by atoms with Crippen LogP contribution >= 0.6 is 11.3 Å². The van der Waals surface area contributed by atoms with Crippen molar-refractivity contribution >= 4 is 17.3 Å². The van der Waals surface area contributed by atoms with Crippen LogP contribution in [0.3, 0.4) is 0 Å². The first-order valence-corrected chi connectivity index (χ1v) is 10.1. The number of ether oxygens (including phenoxy) is 1. The second-order valence-corrected chi connectivity index (χ2v) is 8.87. The molecule has 4 unspecified atom stereocenters. The topological polar surface area (TPSA) is 71.9 Å². The third-order valence-electron chi connectivity index (χ3n) is 5.49. The highest BCUT2D eigenvalue weighted by Gasteiger charge is 2.47. The number of carboxylic acid groups (broad SMARTS) is 1. The molecule has 1 aromatic heterocycles. The van der Waals surface area contributed by atoms with E-state index in [-0.39, 0.29) is 11.7 Å². The number of carboxylic acids is 1. The van der Waals surface area contributed by atoms with Gasteiger partial charge in [0.1, 0.15) is 23.5 Å². The molecule has 4 rings (SSSR count). The molecule has 2 aliphatic rings. The molecule has 7 heteroatoms. The molecule has 2 fully saturated rings. The van der Waals surface area contributed by atoms with Crippen LogP contribution in [-0.4, -0.2) is 46.9 Å². The molecule has 0 amide bonds. The average Bonchev–Trinajstić information content (AvgIpc) is 3.34. The Bertz CT molecular complexity index is 850. The maximum absolute atomic E-state index is 11.7. The molecule has 0 aliphatic carbocycles. The van der Waals surface area contributed by atoms with Crippen LogP contribution in [0.5, 0.6) is 5.75 Å². The second-order valence-electron chi connectivity index (χ2n) is 7.63. The van der Waals surface area contributed by atoms with Crippen molar-refractivity contribution in [1.82, 2.24) is 10.0 Å². The van der Waals surface area contributed by atoms with Crippen LogP contribution in [0, 0.1) is 24.7 Å².